The van der Waals surface area contributed by atoms with Crippen molar-refractivity contribution in [3.05, 3.63) is 65.7 Å². The number of nitrogens with one attached hydrogen (secondary N) is 1. The second kappa shape index (κ2) is 5.70. The summed E-state index contributed by atoms with van der Waals surface area (Å²) >= 11 is 0. The first kappa shape index (κ1) is 12.6. The molecule has 1 aliphatic heterocycles. The summed E-state index contributed by atoms with van der Waals surface area (Å²) in [4.78, 5) is 0. The highest BCUT2D eigenvalue weighted by atomic mass is 16.5. The van der Waals surface area contributed by atoms with Gasteiger partial charge in [-0.15, -0.1) is 0 Å². The molecule has 1 N–H and O–H groups in total. The highest BCUT2D eigenvalue weighted by molar-refractivity contribution is 5.88. The minimum Gasteiger partial charge on any atom is -0.494 e. The van der Waals surface area contributed by atoms with Gasteiger partial charge in [-0.1, -0.05) is 30.3 Å². The van der Waals surface area contributed by atoms with Gasteiger partial charge in [-0.2, -0.15) is 0 Å². The Bertz CT molecular complexity index is 603. The monoisotopic (exact) mass is 267 g/mol. The third-order valence-electron chi connectivity index (χ3n) is 3.18. The third kappa shape index (κ3) is 2.48. The fourth-order valence-electron chi connectivity index (χ4n) is 2.27. The molecule has 0 saturated carbocycles. The zero-order valence-corrected chi connectivity index (χ0v) is 11.4. The van der Waals surface area contributed by atoms with Gasteiger partial charge in [-0.25, -0.2) is 0 Å². The van der Waals surface area contributed by atoms with E-state index in [-0.39, 0.29) is 0 Å². The molecule has 0 radical (unpaired) electrons. The molecular weight excluding hydrogens is 250 g/mol. The number of benzene rings is 2. The molecule has 3 nitrogen and oxygen atoms in total. The summed E-state index contributed by atoms with van der Waals surface area (Å²) < 4.78 is 11.2. The molecule has 0 fully saturated rings. The fraction of sp³-hybridized carbons (Fsp3) is 0.176. The van der Waals surface area contributed by atoms with Crippen LogP contribution >= 0.6 is 0 Å². The summed E-state index contributed by atoms with van der Waals surface area (Å²) in [5, 5.41) is 3.29. The lowest BCUT2D eigenvalue weighted by atomic mass is 10.1. The van der Waals surface area contributed by atoms with Crippen LogP contribution in [0.4, 0.5) is 0 Å². The zero-order chi connectivity index (χ0) is 13.8. The van der Waals surface area contributed by atoms with Crippen molar-refractivity contribution in [1.82, 2.24) is 5.32 Å². The average Bonchev–Trinajstić information content (AvgIpc) is 2.99. The van der Waals surface area contributed by atoms with Gasteiger partial charge in [0.2, 0.25) is 0 Å². The van der Waals surface area contributed by atoms with Crippen molar-refractivity contribution >= 4 is 11.5 Å². The van der Waals surface area contributed by atoms with Crippen LogP contribution < -0.4 is 10.1 Å². The van der Waals surface area contributed by atoms with Crippen molar-refractivity contribution in [2.24, 2.45) is 0 Å². The molecule has 0 saturated heterocycles. The van der Waals surface area contributed by atoms with E-state index in [1.165, 1.54) is 0 Å². The maximum atomic E-state index is 5.73. The molecule has 3 rings (SSSR count). The Hall–Kier alpha value is -2.42. The Morgan fingerprint density at radius 2 is 1.75 bits per heavy atom. The van der Waals surface area contributed by atoms with Crippen molar-refractivity contribution in [3.63, 3.8) is 0 Å². The van der Waals surface area contributed by atoms with Crippen LogP contribution in [0.15, 0.2) is 54.6 Å². The quantitative estimate of drug-likeness (QED) is 0.919. The predicted octanol–water partition coefficient (Wildman–Crippen LogP) is 3.49. The van der Waals surface area contributed by atoms with E-state index in [0.717, 1.165) is 28.3 Å². The highest BCUT2D eigenvalue weighted by Gasteiger charge is 2.18. The van der Waals surface area contributed by atoms with Crippen LogP contribution in [-0.4, -0.2) is 13.3 Å². The van der Waals surface area contributed by atoms with E-state index >= 15 is 0 Å². The molecule has 1 aliphatic rings. The largest absolute Gasteiger partial charge is 0.494 e. The molecule has 20 heavy (non-hydrogen) atoms. The first-order chi connectivity index (χ1) is 9.88. The highest BCUT2D eigenvalue weighted by Crippen LogP contribution is 2.30. The lowest BCUT2D eigenvalue weighted by molar-refractivity contribution is 0.291. The van der Waals surface area contributed by atoms with E-state index in [2.05, 4.69) is 17.4 Å². The molecule has 0 aromatic heterocycles. The Morgan fingerprint density at radius 1 is 1.00 bits per heavy atom. The standard InChI is InChI=1S/C17H17NO2/c1-2-19-15-10-8-14(9-11-15)17-16(18-12-20-17)13-6-4-3-5-7-13/h3-11,18H,2,12H2,1H3. The molecule has 0 bridgehead atoms. The minimum atomic E-state index is 0.507. The maximum absolute atomic E-state index is 5.73. The molecule has 2 aromatic carbocycles. The van der Waals surface area contributed by atoms with Crippen molar-refractivity contribution in [1.29, 1.82) is 0 Å². The number of ether oxygens (including phenoxy) is 2. The van der Waals surface area contributed by atoms with Crippen LogP contribution in [-0.2, 0) is 4.74 Å². The molecule has 0 unspecified atom stereocenters. The van der Waals surface area contributed by atoms with E-state index < -0.39 is 0 Å². The summed E-state index contributed by atoms with van der Waals surface area (Å²) in [6.45, 7) is 3.16. The van der Waals surface area contributed by atoms with E-state index in [1.54, 1.807) is 0 Å². The van der Waals surface area contributed by atoms with Crippen molar-refractivity contribution in [2.45, 2.75) is 6.92 Å². The van der Waals surface area contributed by atoms with Crippen molar-refractivity contribution < 1.29 is 9.47 Å². The van der Waals surface area contributed by atoms with Crippen LogP contribution in [0.3, 0.4) is 0 Å². The van der Waals surface area contributed by atoms with E-state index in [4.69, 9.17) is 9.47 Å². The van der Waals surface area contributed by atoms with Gasteiger partial charge in [-0.05, 0) is 31.2 Å². The lowest BCUT2D eigenvalue weighted by Gasteiger charge is -2.07. The van der Waals surface area contributed by atoms with Gasteiger partial charge < -0.3 is 14.8 Å². The van der Waals surface area contributed by atoms with E-state index in [0.29, 0.717) is 13.3 Å². The second-order valence-electron chi connectivity index (χ2n) is 4.49. The summed E-state index contributed by atoms with van der Waals surface area (Å²) in [6.07, 6.45) is 0. The molecule has 2 aromatic rings. The molecule has 0 amide bonds. The summed E-state index contributed by atoms with van der Waals surface area (Å²) in [5.41, 5.74) is 3.22. The zero-order valence-electron chi connectivity index (χ0n) is 11.4. The van der Waals surface area contributed by atoms with Crippen LogP contribution in [0.25, 0.3) is 11.5 Å². The molecular formula is C17H17NO2. The molecule has 0 spiro atoms. The molecule has 102 valence electrons. The van der Waals surface area contributed by atoms with Gasteiger partial charge in [0.25, 0.3) is 0 Å². The van der Waals surface area contributed by atoms with Gasteiger partial charge >= 0.3 is 0 Å². The summed E-state index contributed by atoms with van der Waals surface area (Å²) in [6, 6.07) is 18.2. The number of rotatable bonds is 4. The molecule has 0 aliphatic carbocycles. The Balaban J connectivity index is 1.95. The van der Waals surface area contributed by atoms with E-state index in [1.807, 2.05) is 49.4 Å². The van der Waals surface area contributed by atoms with Gasteiger partial charge in [0, 0.05) is 11.1 Å². The normalized spacial score (nSPS) is 13.8. The topological polar surface area (TPSA) is 30.5 Å². The fourth-order valence-corrected chi connectivity index (χ4v) is 2.27. The van der Waals surface area contributed by atoms with Crippen molar-refractivity contribution in [2.75, 3.05) is 13.3 Å². The smallest absolute Gasteiger partial charge is 0.159 e. The molecule has 0 atom stereocenters. The average molecular weight is 267 g/mol. The Kier molecular flexibility index (Phi) is 3.59. The van der Waals surface area contributed by atoms with Gasteiger partial charge in [0.1, 0.15) is 5.75 Å². The van der Waals surface area contributed by atoms with Gasteiger partial charge in [-0.3, -0.25) is 0 Å². The third-order valence-corrected chi connectivity index (χ3v) is 3.18. The van der Waals surface area contributed by atoms with Gasteiger partial charge in [0.15, 0.2) is 12.5 Å². The summed E-state index contributed by atoms with van der Waals surface area (Å²) in [5.74, 6) is 1.77. The second-order valence-corrected chi connectivity index (χ2v) is 4.49. The Morgan fingerprint density at radius 3 is 2.45 bits per heavy atom. The minimum absolute atomic E-state index is 0.507. The lowest BCUT2D eigenvalue weighted by Crippen LogP contribution is -2.06. The van der Waals surface area contributed by atoms with Gasteiger partial charge in [0.05, 0.1) is 12.3 Å². The van der Waals surface area contributed by atoms with Crippen LogP contribution in [0.2, 0.25) is 0 Å². The van der Waals surface area contributed by atoms with Crippen LogP contribution in [0.1, 0.15) is 18.1 Å². The maximum Gasteiger partial charge on any atom is 0.159 e. The SMILES string of the molecule is CCOc1ccc(C2=C(c3ccccc3)NCO2)cc1. The Labute approximate surface area is 118 Å². The number of hydrogen-bond acceptors (Lipinski definition) is 3. The predicted molar refractivity (Wildman–Crippen MR) is 80.0 cm³/mol. The molecule has 1 heterocycles. The van der Waals surface area contributed by atoms with Crippen LogP contribution in [0, 0.1) is 0 Å². The van der Waals surface area contributed by atoms with Crippen molar-refractivity contribution in [3.8, 4) is 5.75 Å². The molecule has 3 heteroatoms. The first-order valence-corrected chi connectivity index (χ1v) is 6.78. The van der Waals surface area contributed by atoms with E-state index in [9.17, 15) is 0 Å². The first-order valence-electron chi connectivity index (χ1n) is 6.78. The number of hydrogen-bond donors (Lipinski definition) is 1. The summed E-state index contributed by atoms with van der Waals surface area (Å²) in [7, 11) is 0. The van der Waals surface area contributed by atoms with Crippen LogP contribution in [0.5, 0.6) is 5.75 Å².